The van der Waals surface area contributed by atoms with E-state index < -0.39 is 0 Å². The van der Waals surface area contributed by atoms with Gasteiger partial charge in [0.1, 0.15) is 0 Å². The number of carbonyl (C=O) groups excluding carboxylic acids is 1. The van der Waals surface area contributed by atoms with Crippen molar-refractivity contribution in [3.8, 4) is 11.4 Å². The van der Waals surface area contributed by atoms with Crippen LogP contribution in [0.25, 0.3) is 11.4 Å². The third-order valence-corrected chi connectivity index (χ3v) is 5.52. The van der Waals surface area contributed by atoms with Crippen LogP contribution < -0.4 is 5.32 Å². The Hall–Kier alpha value is -1.54. The van der Waals surface area contributed by atoms with Crippen molar-refractivity contribution >= 4 is 62.5 Å². The van der Waals surface area contributed by atoms with Crippen LogP contribution in [0.3, 0.4) is 0 Å². The Balaban J connectivity index is 1.66. The summed E-state index contributed by atoms with van der Waals surface area (Å²) in [6, 6.07) is 12.7. The smallest absolute Gasteiger partial charge is 0.234 e. The molecule has 134 valence electrons. The van der Waals surface area contributed by atoms with Crippen molar-refractivity contribution in [2.45, 2.75) is 5.16 Å². The van der Waals surface area contributed by atoms with Crippen molar-refractivity contribution in [2.75, 3.05) is 11.1 Å². The molecule has 0 fully saturated rings. The quantitative estimate of drug-likeness (QED) is 0.514. The standard InChI is InChI=1S/C17H13BrCl2N4OS/c1-24-16(10-3-2-4-12(19)7-10)22-23-17(24)26-9-15(25)21-14-6-5-11(18)8-13(14)20/h2-8H,9H2,1H3,(H,21,25). The summed E-state index contributed by atoms with van der Waals surface area (Å²) in [4.78, 5) is 12.2. The Bertz CT molecular complexity index is 964. The topological polar surface area (TPSA) is 59.8 Å². The van der Waals surface area contributed by atoms with Gasteiger partial charge in [0.2, 0.25) is 5.91 Å². The average molecular weight is 472 g/mol. The van der Waals surface area contributed by atoms with Crippen LogP contribution in [0.15, 0.2) is 52.1 Å². The number of hydrogen-bond donors (Lipinski definition) is 1. The molecule has 0 saturated heterocycles. The third kappa shape index (κ3) is 4.59. The largest absolute Gasteiger partial charge is 0.324 e. The molecule has 0 aliphatic rings. The molecule has 3 rings (SSSR count). The van der Waals surface area contributed by atoms with Crippen LogP contribution in [0.1, 0.15) is 0 Å². The van der Waals surface area contributed by atoms with Gasteiger partial charge in [0.05, 0.1) is 16.5 Å². The lowest BCUT2D eigenvalue weighted by atomic mass is 10.2. The number of thioether (sulfide) groups is 1. The lowest BCUT2D eigenvalue weighted by molar-refractivity contribution is -0.113. The zero-order chi connectivity index (χ0) is 18.7. The van der Waals surface area contributed by atoms with E-state index in [1.54, 1.807) is 18.2 Å². The van der Waals surface area contributed by atoms with Crippen molar-refractivity contribution in [3.63, 3.8) is 0 Å². The summed E-state index contributed by atoms with van der Waals surface area (Å²) in [6.45, 7) is 0. The summed E-state index contributed by atoms with van der Waals surface area (Å²) in [5.41, 5.74) is 1.43. The average Bonchev–Trinajstić information content (AvgIpc) is 2.96. The van der Waals surface area contributed by atoms with Gasteiger partial charge in [-0.2, -0.15) is 0 Å². The van der Waals surface area contributed by atoms with Crippen LogP contribution in [0.4, 0.5) is 5.69 Å². The number of halogens is 3. The van der Waals surface area contributed by atoms with Gasteiger partial charge in [-0.15, -0.1) is 10.2 Å². The molecule has 1 amide bonds. The first-order valence-corrected chi connectivity index (χ1v) is 10.0. The molecule has 9 heteroatoms. The Morgan fingerprint density at radius 1 is 1.23 bits per heavy atom. The van der Waals surface area contributed by atoms with E-state index in [1.165, 1.54) is 11.8 Å². The molecule has 0 spiro atoms. The fraction of sp³-hybridized carbons (Fsp3) is 0.118. The summed E-state index contributed by atoms with van der Waals surface area (Å²) in [5, 5.41) is 12.9. The number of aromatic nitrogens is 3. The van der Waals surface area contributed by atoms with Gasteiger partial charge in [-0.25, -0.2) is 0 Å². The van der Waals surface area contributed by atoms with Crippen LogP contribution in [0, 0.1) is 0 Å². The SMILES string of the molecule is Cn1c(SCC(=O)Nc2ccc(Br)cc2Cl)nnc1-c1cccc(Cl)c1. The minimum atomic E-state index is -0.175. The maximum absolute atomic E-state index is 12.2. The van der Waals surface area contributed by atoms with E-state index >= 15 is 0 Å². The predicted octanol–water partition coefficient (Wildman–Crippen LogP) is 5.28. The van der Waals surface area contributed by atoms with E-state index in [0.717, 1.165) is 10.0 Å². The second-order valence-electron chi connectivity index (χ2n) is 5.34. The molecule has 0 saturated carbocycles. The molecule has 26 heavy (non-hydrogen) atoms. The molecule has 1 N–H and O–H groups in total. The van der Waals surface area contributed by atoms with Gasteiger partial charge in [-0.3, -0.25) is 4.79 Å². The summed E-state index contributed by atoms with van der Waals surface area (Å²) >= 11 is 16.8. The lowest BCUT2D eigenvalue weighted by Gasteiger charge is -2.07. The van der Waals surface area contributed by atoms with Crippen LogP contribution in [0.5, 0.6) is 0 Å². The Morgan fingerprint density at radius 3 is 2.77 bits per heavy atom. The molecule has 0 aliphatic carbocycles. The van der Waals surface area contributed by atoms with Gasteiger partial charge in [0.25, 0.3) is 0 Å². The first-order chi connectivity index (χ1) is 12.4. The number of nitrogens with zero attached hydrogens (tertiary/aromatic N) is 3. The van der Waals surface area contributed by atoms with Gasteiger partial charge in [-0.1, -0.05) is 63.0 Å². The first kappa shape index (κ1) is 19.2. The molecule has 1 heterocycles. The van der Waals surface area contributed by atoms with Crippen LogP contribution in [0.2, 0.25) is 10.0 Å². The normalized spacial score (nSPS) is 10.8. The van der Waals surface area contributed by atoms with Gasteiger partial charge < -0.3 is 9.88 Å². The number of amides is 1. The molecule has 0 radical (unpaired) electrons. The van der Waals surface area contributed by atoms with E-state index in [-0.39, 0.29) is 11.7 Å². The number of rotatable bonds is 5. The van der Waals surface area contributed by atoms with Crippen molar-refractivity contribution in [1.82, 2.24) is 14.8 Å². The molecular formula is C17H13BrCl2N4OS. The first-order valence-electron chi connectivity index (χ1n) is 7.47. The summed E-state index contributed by atoms with van der Waals surface area (Å²) in [5.74, 6) is 0.700. The number of carbonyl (C=O) groups is 1. The fourth-order valence-corrected chi connectivity index (χ4v) is 3.85. The van der Waals surface area contributed by atoms with Crippen LogP contribution in [-0.2, 0) is 11.8 Å². The number of benzene rings is 2. The second-order valence-corrected chi connectivity index (χ2v) is 8.04. The van der Waals surface area contributed by atoms with Gasteiger partial charge >= 0.3 is 0 Å². The highest BCUT2D eigenvalue weighted by molar-refractivity contribution is 9.10. The highest BCUT2D eigenvalue weighted by Crippen LogP contribution is 2.27. The molecule has 0 bridgehead atoms. The molecule has 0 unspecified atom stereocenters. The fourth-order valence-electron chi connectivity index (χ4n) is 2.23. The van der Waals surface area contributed by atoms with Crippen molar-refractivity contribution < 1.29 is 4.79 Å². The highest BCUT2D eigenvalue weighted by atomic mass is 79.9. The maximum Gasteiger partial charge on any atom is 0.234 e. The Labute approximate surface area is 173 Å². The Kier molecular flexibility index (Phi) is 6.24. The zero-order valence-corrected chi connectivity index (χ0v) is 17.5. The van der Waals surface area contributed by atoms with Crippen molar-refractivity contribution in [3.05, 3.63) is 57.0 Å². The summed E-state index contributed by atoms with van der Waals surface area (Å²) < 4.78 is 2.68. The van der Waals surface area contributed by atoms with Crippen molar-refractivity contribution in [1.29, 1.82) is 0 Å². The summed E-state index contributed by atoms with van der Waals surface area (Å²) in [7, 11) is 1.85. The Morgan fingerprint density at radius 2 is 2.04 bits per heavy atom. The van der Waals surface area contributed by atoms with Gasteiger partial charge in [0.15, 0.2) is 11.0 Å². The predicted molar refractivity (Wildman–Crippen MR) is 110 cm³/mol. The minimum Gasteiger partial charge on any atom is -0.324 e. The maximum atomic E-state index is 12.2. The highest BCUT2D eigenvalue weighted by Gasteiger charge is 2.14. The van der Waals surface area contributed by atoms with Gasteiger partial charge in [0, 0.05) is 22.1 Å². The lowest BCUT2D eigenvalue weighted by Crippen LogP contribution is -2.14. The van der Waals surface area contributed by atoms with E-state index in [9.17, 15) is 4.79 Å². The number of anilines is 1. The van der Waals surface area contributed by atoms with Gasteiger partial charge in [-0.05, 0) is 30.3 Å². The molecule has 0 atom stereocenters. The molecule has 2 aromatic carbocycles. The van der Waals surface area contributed by atoms with E-state index in [4.69, 9.17) is 23.2 Å². The summed E-state index contributed by atoms with van der Waals surface area (Å²) in [6.07, 6.45) is 0. The van der Waals surface area contributed by atoms with E-state index in [2.05, 4.69) is 31.4 Å². The monoisotopic (exact) mass is 470 g/mol. The van der Waals surface area contributed by atoms with Crippen LogP contribution >= 0.6 is 50.9 Å². The van der Waals surface area contributed by atoms with E-state index in [1.807, 2.05) is 35.9 Å². The molecule has 1 aromatic heterocycles. The molecule has 0 aliphatic heterocycles. The van der Waals surface area contributed by atoms with Crippen molar-refractivity contribution in [2.24, 2.45) is 7.05 Å². The van der Waals surface area contributed by atoms with E-state index in [0.29, 0.717) is 26.7 Å². The molecule has 3 aromatic rings. The van der Waals surface area contributed by atoms with Crippen LogP contribution in [-0.4, -0.2) is 26.4 Å². The second kappa shape index (κ2) is 8.43. The number of nitrogens with one attached hydrogen (secondary N) is 1. The molecule has 5 nitrogen and oxygen atoms in total. The molecular weight excluding hydrogens is 459 g/mol. The number of hydrogen-bond acceptors (Lipinski definition) is 4. The zero-order valence-electron chi connectivity index (χ0n) is 13.5. The third-order valence-electron chi connectivity index (χ3n) is 3.46. The minimum absolute atomic E-state index is 0.175.